The van der Waals surface area contributed by atoms with Crippen LogP contribution in [0.1, 0.15) is 20.8 Å². The summed E-state index contributed by atoms with van der Waals surface area (Å²) in [5.41, 5.74) is 0.972. The molecule has 5 nitrogen and oxygen atoms in total. The first-order valence-corrected chi connectivity index (χ1v) is 7.06. The second-order valence-electron chi connectivity index (χ2n) is 5.56. The lowest BCUT2D eigenvalue weighted by atomic mass is 10.1. The Kier molecular flexibility index (Phi) is 4.67. The van der Waals surface area contributed by atoms with Crippen LogP contribution in [0.5, 0.6) is 5.75 Å². The van der Waals surface area contributed by atoms with E-state index in [1.807, 2.05) is 4.90 Å². The molecular formula is C15H22FN3O2. The van der Waals surface area contributed by atoms with E-state index in [2.05, 4.69) is 24.5 Å². The maximum atomic E-state index is 14.3. The lowest BCUT2D eigenvalue weighted by Crippen LogP contribution is -2.54. The number of nitrogens with zero attached hydrogens (tertiary/aromatic N) is 1. The summed E-state index contributed by atoms with van der Waals surface area (Å²) in [7, 11) is 1.45. The molecule has 1 aliphatic rings. The molecule has 2 atom stereocenters. The first-order chi connectivity index (χ1) is 9.90. The topological polar surface area (TPSA) is 53.6 Å². The molecule has 1 amide bonds. The van der Waals surface area contributed by atoms with Crippen LogP contribution in [0.4, 0.5) is 15.8 Å². The smallest absolute Gasteiger partial charge is 0.221 e. The van der Waals surface area contributed by atoms with E-state index in [0.717, 1.165) is 0 Å². The van der Waals surface area contributed by atoms with Crippen molar-refractivity contribution in [1.29, 1.82) is 0 Å². The molecule has 0 spiro atoms. The Bertz CT molecular complexity index is 526. The molecule has 116 valence electrons. The number of halogens is 1. The minimum absolute atomic E-state index is 0.215. The SMILES string of the molecule is COc1cc(F)c(N2C[C@@H](C)N[C@@H](C)C2)cc1NC(C)=O. The van der Waals surface area contributed by atoms with Gasteiger partial charge in [-0.05, 0) is 19.9 Å². The summed E-state index contributed by atoms with van der Waals surface area (Å²) in [4.78, 5) is 13.3. The van der Waals surface area contributed by atoms with Gasteiger partial charge in [0.05, 0.1) is 18.5 Å². The highest BCUT2D eigenvalue weighted by Gasteiger charge is 2.24. The number of carbonyl (C=O) groups excluding carboxylic acids is 1. The summed E-state index contributed by atoms with van der Waals surface area (Å²) in [6, 6.07) is 3.51. The van der Waals surface area contributed by atoms with Gasteiger partial charge >= 0.3 is 0 Å². The molecule has 0 aliphatic carbocycles. The minimum Gasteiger partial charge on any atom is -0.494 e. The van der Waals surface area contributed by atoms with Crippen molar-refractivity contribution in [3.63, 3.8) is 0 Å². The van der Waals surface area contributed by atoms with Crippen LogP contribution in [0.3, 0.4) is 0 Å². The first kappa shape index (κ1) is 15.6. The standard InChI is InChI=1S/C15H22FN3O2/c1-9-7-19(8-10(2)17-9)14-6-13(18-11(3)20)15(21-4)5-12(14)16/h5-6,9-10,17H,7-8H2,1-4H3,(H,18,20)/t9-,10+. The van der Waals surface area contributed by atoms with Crippen molar-refractivity contribution in [2.45, 2.75) is 32.9 Å². The Morgan fingerprint density at radius 3 is 2.52 bits per heavy atom. The van der Waals surface area contributed by atoms with Gasteiger partial charge in [0.1, 0.15) is 11.6 Å². The molecule has 1 aromatic carbocycles. The van der Waals surface area contributed by atoms with E-state index < -0.39 is 0 Å². The molecular weight excluding hydrogens is 273 g/mol. The lowest BCUT2D eigenvalue weighted by Gasteiger charge is -2.38. The van der Waals surface area contributed by atoms with Crippen LogP contribution in [0, 0.1) is 5.82 Å². The normalized spacial score (nSPS) is 22.0. The zero-order valence-electron chi connectivity index (χ0n) is 12.9. The van der Waals surface area contributed by atoms with Crippen LogP contribution in [0.15, 0.2) is 12.1 Å². The summed E-state index contributed by atoms with van der Waals surface area (Å²) in [6.07, 6.45) is 0. The van der Waals surface area contributed by atoms with Crippen molar-refractivity contribution in [3.8, 4) is 5.75 Å². The summed E-state index contributed by atoms with van der Waals surface area (Å²) in [5, 5.41) is 6.09. The highest BCUT2D eigenvalue weighted by atomic mass is 19.1. The summed E-state index contributed by atoms with van der Waals surface area (Å²) < 4.78 is 19.5. The van der Waals surface area contributed by atoms with Crippen molar-refractivity contribution in [1.82, 2.24) is 5.32 Å². The van der Waals surface area contributed by atoms with Gasteiger partial charge in [-0.3, -0.25) is 4.79 Å². The van der Waals surface area contributed by atoms with Gasteiger partial charge in [-0.15, -0.1) is 0 Å². The molecule has 1 aromatic rings. The van der Waals surface area contributed by atoms with E-state index >= 15 is 0 Å². The fourth-order valence-corrected chi connectivity index (χ4v) is 2.77. The molecule has 1 heterocycles. The minimum atomic E-state index is -0.345. The number of ether oxygens (including phenoxy) is 1. The molecule has 0 unspecified atom stereocenters. The van der Waals surface area contributed by atoms with Gasteiger partial charge in [0.15, 0.2) is 0 Å². The number of carbonyl (C=O) groups is 1. The molecule has 0 bridgehead atoms. The molecule has 1 fully saturated rings. The Morgan fingerprint density at radius 1 is 1.38 bits per heavy atom. The van der Waals surface area contributed by atoms with Crippen LogP contribution >= 0.6 is 0 Å². The third kappa shape index (κ3) is 3.64. The third-order valence-corrected chi connectivity index (χ3v) is 3.48. The number of rotatable bonds is 3. The largest absolute Gasteiger partial charge is 0.494 e. The zero-order chi connectivity index (χ0) is 15.6. The maximum absolute atomic E-state index is 14.3. The van der Waals surface area contributed by atoms with Gasteiger partial charge in [-0.1, -0.05) is 0 Å². The quantitative estimate of drug-likeness (QED) is 0.895. The molecule has 21 heavy (non-hydrogen) atoms. The molecule has 1 saturated heterocycles. The number of methoxy groups -OCH3 is 1. The number of benzene rings is 1. The van der Waals surface area contributed by atoms with Gasteiger partial charge in [-0.25, -0.2) is 4.39 Å². The van der Waals surface area contributed by atoms with Crippen molar-refractivity contribution < 1.29 is 13.9 Å². The predicted molar refractivity (Wildman–Crippen MR) is 81.5 cm³/mol. The Balaban J connectivity index is 2.36. The van der Waals surface area contributed by atoms with E-state index in [4.69, 9.17) is 4.74 Å². The average Bonchev–Trinajstić information content (AvgIpc) is 2.38. The second-order valence-corrected chi connectivity index (χ2v) is 5.56. The van der Waals surface area contributed by atoms with Crippen molar-refractivity contribution in [2.75, 3.05) is 30.4 Å². The summed E-state index contributed by atoms with van der Waals surface area (Å²) in [6.45, 7) is 6.98. The average molecular weight is 295 g/mol. The Hall–Kier alpha value is -1.82. The number of piperazine rings is 1. The van der Waals surface area contributed by atoms with Crippen LogP contribution in [0.25, 0.3) is 0 Å². The lowest BCUT2D eigenvalue weighted by molar-refractivity contribution is -0.114. The third-order valence-electron chi connectivity index (χ3n) is 3.48. The molecule has 2 rings (SSSR count). The van der Waals surface area contributed by atoms with Gasteiger partial charge in [0.2, 0.25) is 5.91 Å². The molecule has 6 heteroatoms. The van der Waals surface area contributed by atoms with E-state index in [1.165, 1.54) is 20.1 Å². The van der Waals surface area contributed by atoms with E-state index in [9.17, 15) is 9.18 Å². The van der Waals surface area contributed by atoms with Gasteiger partial charge < -0.3 is 20.3 Å². The van der Waals surface area contributed by atoms with Gasteiger partial charge in [0.25, 0.3) is 0 Å². The molecule has 0 radical (unpaired) electrons. The van der Waals surface area contributed by atoms with Crippen LogP contribution in [0.2, 0.25) is 0 Å². The van der Waals surface area contributed by atoms with E-state index in [1.54, 1.807) is 6.07 Å². The zero-order valence-corrected chi connectivity index (χ0v) is 12.9. The van der Waals surface area contributed by atoms with Crippen molar-refractivity contribution in [2.24, 2.45) is 0 Å². The van der Waals surface area contributed by atoms with Gasteiger partial charge in [-0.2, -0.15) is 0 Å². The van der Waals surface area contributed by atoms with Crippen LogP contribution in [-0.4, -0.2) is 38.2 Å². The fraction of sp³-hybridized carbons (Fsp3) is 0.533. The molecule has 0 saturated carbocycles. The molecule has 2 N–H and O–H groups in total. The second kappa shape index (κ2) is 6.30. The highest BCUT2D eigenvalue weighted by Crippen LogP contribution is 2.33. The van der Waals surface area contributed by atoms with Crippen molar-refractivity contribution >= 4 is 17.3 Å². The summed E-state index contributed by atoms with van der Waals surface area (Å²) in [5.74, 6) is -0.238. The number of hydrogen-bond acceptors (Lipinski definition) is 4. The molecule has 1 aliphatic heterocycles. The monoisotopic (exact) mass is 295 g/mol. The first-order valence-electron chi connectivity index (χ1n) is 7.06. The highest BCUT2D eigenvalue weighted by molar-refractivity contribution is 5.91. The Labute approximate surface area is 124 Å². The van der Waals surface area contributed by atoms with Gasteiger partial charge in [0, 0.05) is 38.2 Å². The van der Waals surface area contributed by atoms with E-state index in [0.29, 0.717) is 30.2 Å². The maximum Gasteiger partial charge on any atom is 0.221 e. The fourth-order valence-electron chi connectivity index (χ4n) is 2.77. The van der Waals surface area contributed by atoms with Crippen LogP contribution in [-0.2, 0) is 4.79 Å². The van der Waals surface area contributed by atoms with E-state index in [-0.39, 0.29) is 23.8 Å². The molecule has 0 aromatic heterocycles. The number of anilines is 2. The number of amides is 1. The number of hydrogen-bond donors (Lipinski definition) is 2. The van der Waals surface area contributed by atoms with Crippen LogP contribution < -0.4 is 20.3 Å². The van der Waals surface area contributed by atoms with Crippen molar-refractivity contribution in [3.05, 3.63) is 17.9 Å². The number of nitrogens with one attached hydrogen (secondary N) is 2. The summed E-state index contributed by atoms with van der Waals surface area (Å²) >= 11 is 0. The predicted octanol–water partition coefficient (Wildman–Crippen LogP) is 1.98. The Morgan fingerprint density at radius 2 is 2.00 bits per heavy atom.